The van der Waals surface area contributed by atoms with Gasteiger partial charge in [0.1, 0.15) is 0 Å². The van der Waals surface area contributed by atoms with Gasteiger partial charge in [-0.15, -0.1) is 0 Å². The van der Waals surface area contributed by atoms with E-state index in [-0.39, 0.29) is 0 Å². The van der Waals surface area contributed by atoms with Gasteiger partial charge in [-0.1, -0.05) is 11.5 Å². The van der Waals surface area contributed by atoms with Crippen molar-refractivity contribution in [3.63, 3.8) is 0 Å². The first-order valence-corrected chi connectivity index (χ1v) is 6.03. The number of hydrogen-bond donors (Lipinski definition) is 1. The quantitative estimate of drug-likeness (QED) is 0.807. The molecular formula is C10H20N6. The highest BCUT2D eigenvalue weighted by atomic mass is 15.6. The van der Waals surface area contributed by atoms with E-state index in [0.29, 0.717) is 5.95 Å². The van der Waals surface area contributed by atoms with Crippen LogP contribution in [0.25, 0.3) is 0 Å². The summed E-state index contributed by atoms with van der Waals surface area (Å²) in [6, 6.07) is 0.722. The lowest BCUT2D eigenvalue weighted by atomic mass is 10.0. The van der Waals surface area contributed by atoms with Gasteiger partial charge in [-0.25, -0.2) is 4.68 Å². The van der Waals surface area contributed by atoms with Crippen molar-refractivity contribution in [1.29, 1.82) is 0 Å². The number of piperidine rings is 1. The van der Waals surface area contributed by atoms with Crippen molar-refractivity contribution in [2.75, 3.05) is 18.8 Å². The second-order valence-electron chi connectivity index (χ2n) is 4.49. The van der Waals surface area contributed by atoms with Crippen LogP contribution in [0.15, 0.2) is 0 Å². The third kappa shape index (κ3) is 2.69. The second-order valence-corrected chi connectivity index (χ2v) is 4.49. The lowest BCUT2D eigenvalue weighted by molar-refractivity contribution is 0.156. The highest BCUT2D eigenvalue weighted by molar-refractivity contribution is 5.09. The number of nitrogens with zero attached hydrogens (tertiary/aromatic N) is 5. The van der Waals surface area contributed by atoms with E-state index in [9.17, 15) is 0 Å². The Morgan fingerprint density at radius 2 is 2.25 bits per heavy atom. The van der Waals surface area contributed by atoms with Crippen LogP contribution < -0.4 is 5.73 Å². The summed E-state index contributed by atoms with van der Waals surface area (Å²) in [4.78, 5) is 2.55. The number of nitrogens with two attached hydrogens (primary N) is 1. The van der Waals surface area contributed by atoms with Crippen molar-refractivity contribution in [1.82, 2.24) is 25.1 Å². The molecule has 16 heavy (non-hydrogen) atoms. The molecule has 0 aromatic carbocycles. The summed E-state index contributed by atoms with van der Waals surface area (Å²) in [6.45, 7) is 5.46. The van der Waals surface area contributed by atoms with Crippen LogP contribution in [0.5, 0.6) is 0 Å². The molecule has 6 heteroatoms. The second kappa shape index (κ2) is 5.25. The molecule has 1 aromatic heterocycles. The zero-order valence-corrected chi connectivity index (χ0v) is 9.84. The fraction of sp³-hybridized carbons (Fsp3) is 0.900. The maximum atomic E-state index is 5.60. The van der Waals surface area contributed by atoms with Crippen LogP contribution in [-0.4, -0.2) is 44.2 Å². The summed E-state index contributed by atoms with van der Waals surface area (Å²) >= 11 is 0. The van der Waals surface area contributed by atoms with Crippen molar-refractivity contribution < 1.29 is 0 Å². The van der Waals surface area contributed by atoms with E-state index in [1.54, 1.807) is 4.68 Å². The minimum atomic E-state index is 0.409. The van der Waals surface area contributed by atoms with Gasteiger partial charge < -0.3 is 10.6 Å². The first kappa shape index (κ1) is 11.3. The van der Waals surface area contributed by atoms with E-state index >= 15 is 0 Å². The summed E-state index contributed by atoms with van der Waals surface area (Å²) < 4.78 is 1.66. The third-order valence-electron chi connectivity index (χ3n) is 3.32. The van der Waals surface area contributed by atoms with Crippen molar-refractivity contribution >= 4 is 5.95 Å². The Morgan fingerprint density at radius 3 is 2.94 bits per heavy atom. The Hall–Kier alpha value is -1.17. The SMILES string of the molecule is CC1CCCCN1CCCn1nnnc1N. The third-order valence-corrected chi connectivity index (χ3v) is 3.32. The van der Waals surface area contributed by atoms with Gasteiger partial charge in [-0.2, -0.15) is 0 Å². The van der Waals surface area contributed by atoms with Crippen molar-refractivity contribution in [3.8, 4) is 0 Å². The summed E-state index contributed by atoms with van der Waals surface area (Å²) in [5, 5.41) is 11.0. The molecule has 0 saturated carbocycles. The number of rotatable bonds is 4. The molecule has 1 unspecified atom stereocenters. The van der Waals surface area contributed by atoms with Gasteiger partial charge in [0.05, 0.1) is 0 Å². The largest absolute Gasteiger partial charge is 0.367 e. The monoisotopic (exact) mass is 224 g/mol. The summed E-state index contributed by atoms with van der Waals surface area (Å²) in [6.07, 6.45) is 5.08. The molecule has 1 fully saturated rings. The van der Waals surface area contributed by atoms with Crippen LogP contribution in [0.3, 0.4) is 0 Å². The predicted molar refractivity (Wildman–Crippen MR) is 61.7 cm³/mol. The Bertz CT molecular complexity index is 323. The predicted octanol–water partition coefficient (Wildman–Crippen LogP) is 0.520. The highest BCUT2D eigenvalue weighted by Crippen LogP contribution is 2.16. The molecule has 90 valence electrons. The van der Waals surface area contributed by atoms with Crippen LogP contribution in [0.4, 0.5) is 5.95 Å². The zero-order chi connectivity index (χ0) is 11.4. The number of aromatic nitrogens is 4. The average molecular weight is 224 g/mol. The van der Waals surface area contributed by atoms with Crippen LogP contribution >= 0.6 is 0 Å². The fourth-order valence-corrected chi connectivity index (χ4v) is 2.28. The smallest absolute Gasteiger partial charge is 0.240 e. The van der Waals surface area contributed by atoms with Crippen LogP contribution in [-0.2, 0) is 6.54 Å². The lowest BCUT2D eigenvalue weighted by Crippen LogP contribution is -2.38. The molecule has 0 spiro atoms. The van der Waals surface area contributed by atoms with Gasteiger partial charge in [-0.05, 0) is 43.2 Å². The molecule has 1 saturated heterocycles. The summed E-state index contributed by atoms with van der Waals surface area (Å²) in [7, 11) is 0. The molecule has 2 heterocycles. The number of anilines is 1. The van der Waals surface area contributed by atoms with E-state index < -0.39 is 0 Å². The maximum absolute atomic E-state index is 5.60. The Kier molecular flexibility index (Phi) is 3.71. The number of aryl methyl sites for hydroxylation is 1. The van der Waals surface area contributed by atoms with E-state index in [2.05, 4.69) is 27.3 Å². The first-order chi connectivity index (χ1) is 7.77. The van der Waals surface area contributed by atoms with Gasteiger partial charge in [0.25, 0.3) is 0 Å². The van der Waals surface area contributed by atoms with Crippen LogP contribution in [0, 0.1) is 0 Å². The minimum Gasteiger partial charge on any atom is -0.367 e. The van der Waals surface area contributed by atoms with E-state index in [1.165, 1.54) is 25.8 Å². The lowest BCUT2D eigenvalue weighted by Gasteiger charge is -2.33. The highest BCUT2D eigenvalue weighted by Gasteiger charge is 2.17. The molecule has 1 atom stereocenters. The maximum Gasteiger partial charge on any atom is 0.240 e. The fourth-order valence-electron chi connectivity index (χ4n) is 2.28. The molecule has 1 aromatic rings. The van der Waals surface area contributed by atoms with Gasteiger partial charge in [0.15, 0.2) is 0 Å². The molecule has 2 rings (SSSR count). The standard InChI is InChI=1S/C10H20N6/c1-9-5-2-3-6-15(9)7-4-8-16-10(11)12-13-14-16/h9H,2-8H2,1H3,(H2,11,12,14). The van der Waals surface area contributed by atoms with Crippen LogP contribution in [0.2, 0.25) is 0 Å². The molecule has 6 nitrogen and oxygen atoms in total. The van der Waals surface area contributed by atoms with Crippen molar-refractivity contribution in [2.45, 2.75) is 45.2 Å². The van der Waals surface area contributed by atoms with Gasteiger partial charge in [0, 0.05) is 19.1 Å². The van der Waals surface area contributed by atoms with Gasteiger partial charge in [-0.3, -0.25) is 0 Å². The summed E-state index contributed by atoms with van der Waals surface area (Å²) in [5.74, 6) is 0.409. The van der Waals surface area contributed by atoms with Gasteiger partial charge in [0.2, 0.25) is 5.95 Å². The molecule has 1 aliphatic rings. The topological polar surface area (TPSA) is 72.9 Å². The molecule has 0 aliphatic carbocycles. The average Bonchev–Trinajstić information content (AvgIpc) is 2.67. The molecule has 0 radical (unpaired) electrons. The molecule has 1 aliphatic heterocycles. The van der Waals surface area contributed by atoms with Crippen molar-refractivity contribution in [2.24, 2.45) is 0 Å². The summed E-state index contributed by atoms with van der Waals surface area (Å²) in [5.41, 5.74) is 5.60. The Labute approximate surface area is 95.8 Å². The van der Waals surface area contributed by atoms with E-state index in [0.717, 1.165) is 25.6 Å². The first-order valence-electron chi connectivity index (χ1n) is 6.03. The zero-order valence-electron chi connectivity index (χ0n) is 9.84. The number of hydrogen-bond acceptors (Lipinski definition) is 5. The van der Waals surface area contributed by atoms with Gasteiger partial charge >= 0.3 is 0 Å². The normalized spacial score (nSPS) is 22.4. The molecule has 2 N–H and O–H groups in total. The Morgan fingerprint density at radius 1 is 1.38 bits per heavy atom. The van der Waals surface area contributed by atoms with Crippen molar-refractivity contribution in [3.05, 3.63) is 0 Å². The minimum absolute atomic E-state index is 0.409. The van der Waals surface area contributed by atoms with E-state index in [4.69, 9.17) is 5.73 Å². The number of tetrazole rings is 1. The number of likely N-dealkylation sites (tertiary alicyclic amines) is 1. The Balaban J connectivity index is 1.73. The molecule has 0 amide bonds. The van der Waals surface area contributed by atoms with E-state index in [1.807, 2.05) is 0 Å². The van der Waals surface area contributed by atoms with Crippen LogP contribution in [0.1, 0.15) is 32.6 Å². The molecule has 0 bridgehead atoms. The molecular weight excluding hydrogens is 204 g/mol. The number of nitrogen functional groups attached to an aromatic ring is 1.